The highest BCUT2D eigenvalue weighted by molar-refractivity contribution is 5.70. The Kier molecular flexibility index (Phi) is 5.12. The topological polar surface area (TPSA) is 65.6 Å². The molecule has 0 aliphatic carbocycles. The lowest BCUT2D eigenvalue weighted by atomic mass is 10.1. The van der Waals surface area contributed by atoms with Crippen molar-refractivity contribution < 1.29 is 4.84 Å². The van der Waals surface area contributed by atoms with Gasteiger partial charge in [0.05, 0.1) is 12.8 Å². The van der Waals surface area contributed by atoms with Crippen LogP contribution in [-0.2, 0) is 11.3 Å². The second-order valence-electron chi connectivity index (χ2n) is 6.06. The van der Waals surface area contributed by atoms with Crippen LogP contribution in [0.5, 0.6) is 0 Å². The Balaban J connectivity index is 1.68. The normalized spacial score (nSPS) is 13.2. The Morgan fingerprint density at radius 1 is 1.21 bits per heavy atom. The van der Waals surface area contributed by atoms with E-state index in [1.807, 2.05) is 18.2 Å². The number of rotatable bonds is 7. The van der Waals surface area contributed by atoms with Crippen LogP contribution in [0.2, 0.25) is 0 Å². The van der Waals surface area contributed by atoms with Crippen molar-refractivity contribution in [1.29, 1.82) is 0 Å². The van der Waals surface area contributed by atoms with Crippen molar-refractivity contribution >= 4 is 23.0 Å². The standard InChI is InChI=1S/C17H24N6O/c1-22(2)11-9-18-16-6-7-17(20-19-16)23-10-8-13-12-14(21-24-3)4-5-15(13)23/h4-7,12,21H,8-11H2,1-3H3,(H,18,19). The summed E-state index contributed by atoms with van der Waals surface area (Å²) < 4.78 is 0. The van der Waals surface area contributed by atoms with Crippen molar-refractivity contribution in [2.45, 2.75) is 6.42 Å². The van der Waals surface area contributed by atoms with Gasteiger partial charge in [-0.25, -0.2) is 0 Å². The number of hydrogen-bond acceptors (Lipinski definition) is 7. The average molecular weight is 328 g/mol. The van der Waals surface area contributed by atoms with Crippen molar-refractivity contribution in [3.63, 3.8) is 0 Å². The molecule has 0 bridgehead atoms. The van der Waals surface area contributed by atoms with E-state index in [0.717, 1.165) is 43.4 Å². The third-order valence-corrected chi connectivity index (χ3v) is 3.99. The summed E-state index contributed by atoms with van der Waals surface area (Å²) in [6.07, 6.45) is 0.985. The molecule has 0 saturated heterocycles. The summed E-state index contributed by atoms with van der Waals surface area (Å²) in [4.78, 5) is 9.29. The molecule has 7 nitrogen and oxygen atoms in total. The monoisotopic (exact) mass is 328 g/mol. The minimum Gasteiger partial charge on any atom is -0.367 e. The molecule has 1 aromatic heterocycles. The SMILES string of the molecule is CONc1ccc2c(c1)CCN2c1ccc(NCCN(C)C)nn1. The molecule has 0 unspecified atom stereocenters. The van der Waals surface area contributed by atoms with Gasteiger partial charge in [0.2, 0.25) is 0 Å². The van der Waals surface area contributed by atoms with Gasteiger partial charge in [0, 0.05) is 25.3 Å². The second-order valence-corrected chi connectivity index (χ2v) is 6.06. The van der Waals surface area contributed by atoms with E-state index < -0.39 is 0 Å². The van der Waals surface area contributed by atoms with Crippen molar-refractivity contribution in [3.05, 3.63) is 35.9 Å². The van der Waals surface area contributed by atoms with Crippen LogP contribution in [-0.4, -0.2) is 55.9 Å². The molecule has 0 amide bonds. The maximum Gasteiger partial charge on any atom is 0.155 e. The highest BCUT2D eigenvalue weighted by Gasteiger charge is 2.22. The zero-order valence-electron chi connectivity index (χ0n) is 14.4. The average Bonchev–Trinajstić information content (AvgIpc) is 2.99. The highest BCUT2D eigenvalue weighted by atomic mass is 16.6. The van der Waals surface area contributed by atoms with E-state index in [0.29, 0.717) is 0 Å². The lowest BCUT2D eigenvalue weighted by molar-refractivity contribution is 0.271. The fourth-order valence-electron chi connectivity index (χ4n) is 2.79. The molecule has 1 aliphatic rings. The van der Waals surface area contributed by atoms with Gasteiger partial charge in [0.15, 0.2) is 5.82 Å². The number of nitrogens with zero attached hydrogens (tertiary/aromatic N) is 4. The Morgan fingerprint density at radius 3 is 2.79 bits per heavy atom. The molecule has 2 N–H and O–H groups in total. The molecule has 7 heteroatoms. The van der Waals surface area contributed by atoms with Gasteiger partial charge < -0.3 is 15.1 Å². The van der Waals surface area contributed by atoms with Gasteiger partial charge in [0.1, 0.15) is 5.82 Å². The zero-order chi connectivity index (χ0) is 16.9. The minimum absolute atomic E-state index is 0.805. The van der Waals surface area contributed by atoms with Gasteiger partial charge in [0.25, 0.3) is 0 Å². The van der Waals surface area contributed by atoms with Crippen LogP contribution in [0.15, 0.2) is 30.3 Å². The van der Waals surface area contributed by atoms with Crippen LogP contribution < -0.4 is 15.7 Å². The molecule has 0 fully saturated rings. The maximum atomic E-state index is 4.96. The predicted molar refractivity (Wildman–Crippen MR) is 96.9 cm³/mol. The summed E-state index contributed by atoms with van der Waals surface area (Å²) in [7, 11) is 5.72. The molecule has 2 heterocycles. The smallest absolute Gasteiger partial charge is 0.155 e. The third kappa shape index (κ3) is 3.74. The number of nitrogens with one attached hydrogen (secondary N) is 2. The van der Waals surface area contributed by atoms with Crippen LogP contribution in [0.25, 0.3) is 0 Å². The largest absolute Gasteiger partial charge is 0.367 e. The fraction of sp³-hybridized carbons (Fsp3) is 0.412. The first-order chi connectivity index (χ1) is 11.7. The van der Waals surface area contributed by atoms with Crippen molar-refractivity contribution in [1.82, 2.24) is 15.1 Å². The van der Waals surface area contributed by atoms with Gasteiger partial charge in [-0.3, -0.25) is 10.3 Å². The molecule has 0 saturated carbocycles. The minimum atomic E-state index is 0.805. The first-order valence-electron chi connectivity index (χ1n) is 8.09. The Hall–Kier alpha value is -2.38. The van der Waals surface area contributed by atoms with E-state index in [1.165, 1.54) is 11.3 Å². The van der Waals surface area contributed by atoms with E-state index in [2.05, 4.69) is 57.0 Å². The van der Waals surface area contributed by atoms with Crippen LogP contribution in [0.3, 0.4) is 0 Å². The van der Waals surface area contributed by atoms with Gasteiger partial charge >= 0.3 is 0 Å². The first kappa shape index (κ1) is 16.5. The number of hydrogen-bond donors (Lipinski definition) is 2. The Bertz CT molecular complexity index is 673. The zero-order valence-corrected chi connectivity index (χ0v) is 14.4. The molecular weight excluding hydrogens is 304 g/mol. The molecule has 0 radical (unpaired) electrons. The lowest BCUT2D eigenvalue weighted by Gasteiger charge is -2.18. The van der Waals surface area contributed by atoms with E-state index in [4.69, 9.17) is 4.84 Å². The molecule has 24 heavy (non-hydrogen) atoms. The van der Waals surface area contributed by atoms with E-state index in [-0.39, 0.29) is 0 Å². The first-order valence-corrected chi connectivity index (χ1v) is 8.09. The summed E-state index contributed by atoms with van der Waals surface area (Å²) in [5.74, 6) is 1.68. The van der Waals surface area contributed by atoms with E-state index in [1.54, 1.807) is 7.11 Å². The van der Waals surface area contributed by atoms with Crippen molar-refractivity contribution in [3.8, 4) is 0 Å². The number of fused-ring (bicyclic) bond motifs is 1. The molecule has 2 aromatic rings. The van der Waals surface area contributed by atoms with Crippen molar-refractivity contribution in [2.75, 3.05) is 56.5 Å². The highest BCUT2D eigenvalue weighted by Crippen LogP contribution is 2.35. The van der Waals surface area contributed by atoms with Crippen LogP contribution in [0, 0.1) is 0 Å². The van der Waals surface area contributed by atoms with Gasteiger partial charge in [-0.05, 0) is 56.4 Å². The summed E-state index contributed by atoms with van der Waals surface area (Å²) in [6.45, 7) is 2.72. The van der Waals surface area contributed by atoms with E-state index >= 15 is 0 Å². The molecule has 3 rings (SSSR count). The molecular formula is C17H24N6O. The summed E-state index contributed by atoms with van der Waals surface area (Å²) in [6, 6.07) is 10.2. The van der Waals surface area contributed by atoms with Gasteiger partial charge in [-0.2, -0.15) is 0 Å². The summed E-state index contributed by atoms with van der Waals surface area (Å²) >= 11 is 0. The molecule has 0 spiro atoms. The fourth-order valence-corrected chi connectivity index (χ4v) is 2.79. The molecule has 1 aliphatic heterocycles. The lowest BCUT2D eigenvalue weighted by Crippen LogP contribution is -2.21. The Morgan fingerprint density at radius 2 is 2.08 bits per heavy atom. The number of aromatic nitrogens is 2. The molecule has 1 aromatic carbocycles. The number of anilines is 4. The summed E-state index contributed by atoms with van der Waals surface area (Å²) in [5.41, 5.74) is 6.30. The van der Waals surface area contributed by atoms with E-state index in [9.17, 15) is 0 Å². The summed E-state index contributed by atoms with van der Waals surface area (Å²) in [5, 5.41) is 11.9. The van der Waals surface area contributed by atoms with Crippen LogP contribution in [0.4, 0.5) is 23.0 Å². The van der Waals surface area contributed by atoms with Gasteiger partial charge in [-0.15, -0.1) is 10.2 Å². The number of benzene rings is 1. The Labute approximate surface area is 142 Å². The quantitative estimate of drug-likeness (QED) is 0.755. The number of likely N-dealkylation sites (N-methyl/N-ethyl adjacent to an activating group) is 1. The molecule has 128 valence electrons. The van der Waals surface area contributed by atoms with Crippen molar-refractivity contribution in [2.24, 2.45) is 0 Å². The van der Waals surface area contributed by atoms with Gasteiger partial charge in [-0.1, -0.05) is 0 Å². The second kappa shape index (κ2) is 7.46. The van der Waals surface area contributed by atoms with Crippen LogP contribution in [0.1, 0.15) is 5.56 Å². The van der Waals surface area contributed by atoms with Crippen LogP contribution >= 0.6 is 0 Å². The maximum absolute atomic E-state index is 4.96. The predicted octanol–water partition coefficient (Wildman–Crippen LogP) is 2.12. The third-order valence-electron chi connectivity index (χ3n) is 3.99. The molecule has 0 atom stereocenters.